The van der Waals surface area contributed by atoms with Gasteiger partial charge >= 0.3 is 11.9 Å². The second-order valence-electron chi connectivity index (χ2n) is 5.92. The molecule has 1 heterocycles. The molecule has 0 aliphatic rings. The molecule has 0 saturated carbocycles. The molecule has 0 bridgehead atoms. The smallest absolute Gasteiger partial charge is 0.350 e. The van der Waals surface area contributed by atoms with E-state index in [1.807, 2.05) is 6.92 Å². The van der Waals surface area contributed by atoms with Gasteiger partial charge in [-0.2, -0.15) is 0 Å². The van der Waals surface area contributed by atoms with Gasteiger partial charge in [0.2, 0.25) is 0 Å². The Morgan fingerprint density at radius 1 is 1.33 bits per heavy atom. The lowest BCUT2D eigenvalue weighted by Crippen LogP contribution is -2.47. The predicted octanol–water partition coefficient (Wildman–Crippen LogP) is 3.55. The van der Waals surface area contributed by atoms with E-state index in [1.165, 1.54) is 25.3 Å². The third-order valence-corrected chi connectivity index (χ3v) is 5.73. The van der Waals surface area contributed by atoms with Gasteiger partial charge in [0, 0.05) is 10.1 Å². The monoisotopic (exact) mass is 415 g/mol. The Bertz CT molecular complexity index is 869. The number of halogens is 2. The van der Waals surface area contributed by atoms with E-state index in [0.29, 0.717) is 16.5 Å². The van der Waals surface area contributed by atoms with Crippen LogP contribution in [0.2, 0.25) is 5.02 Å². The lowest BCUT2D eigenvalue weighted by molar-refractivity contribution is -0.147. The molecule has 2 atom stereocenters. The average molecular weight is 416 g/mol. The molecule has 0 saturated heterocycles. The van der Waals surface area contributed by atoms with E-state index in [9.17, 15) is 18.8 Å². The second-order valence-corrected chi connectivity index (χ2v) is 7.35. The molecule has 0 spiro atoms. The Hall–Kier alpha value is -2.19. The summed E-state index contributed by atoms with van der Waals surface area (Å²) in [7, 11) is 1.23. The third kappa shape index (κ3) is 4.95. The first kappa shape index (κ1) is 21.1. The van der Waals surface area contributed by atoms with E-state index < -0.39 is 36.3 Å². The van der Waals surface area contributed by atoms with Gasteiger partial charge in [0.15, 0.2) is 6.61 Å². The molecular formula is C18H19ClFNO5S. The van der Waals surface area contributed by atoms with E-state index in [2.05, 4.69) is 10.1 Å². The number of ether oxygens (including phenoxy) is 2. The van der Waals surface area contributed by atoms with Crippen LogP contribution in [0.4, 0.5) is 4.39 Å². The maximum Gasteiger partial charge on any atom is 0.350 e. The summed E-state index contributed by atoms with van der Waals surface area (Å²) in [5.74, 6) is -2.60. The van der Waals surface area contributed by atoms with Crippen LogP contribution in [0.15, 0.2) is 18.2 Å². The number of fused-ring (bicyclic) bond motifs is 1. The van der Waals surface area contributed by atoms with Crippen molar-refractivity contribution in [1.82, 2.24) is 5.32 Å². The molecule has 0 radical (unpaired) electrons. The van der Waals surface area contributed by atoms with Crippen molar-refractivity contribution in [3.63, 3.8) is 0 Å². The third-order valence-electron chi connectivity index (χ3n) is 4.10. The molecule has 6 nitrogen and oxygen atoms in total. The Morgan fingerprint density at radius 2 is 2.04 bits per heavy atom. The Balaban J connectivity index is 2.03. The fraction of sp³-hybridized carbons (Fsp3) is 0.389. The van der Waals surface area contributed by atoms with Gasteiger partial charge < -0.3 is 14.8 Å². The summed E-state index contributed by atoms with van der Waals surface area (Å²) in [6.07, 6.45) is 0.647. The molecule has 1 aromatic carbocycles. The Kier molecular flexibility index (Phi) is 7.15. The van der Waals surface area contributed by atoms with Crippen molar-refractivity contribution in [3.8, 4) is 0 Å². The first-order valence-electron chi connectivity index (χ1n) is 8.20. The number of carbonyl (C=O) groups is 3. The highest BCUT2D eigenvalue weighted by Gasteiger charge is 2.27. The zero-order valence-electron chi connectivity index (χ0n) is 15.0. The van der Waals surface area contributed by atoms with Crippen LogP contribution >= 0.6 is 22.9 Å². The highest BCUT2D eigenvalue weighted by molar-refractivity contribution is 7.21. The fourth-order valence-corrected chi connectivity index (χ4v) is 3.81. The number of hydrogen-bond donors (Lipinski definition) is 1. The van der Waals surface area contributed by atoms with Crippen molar-refractivity contribution in [2.45, 2.75) is 26.3 Å². The first-order valence-corrected chi connectivity index (χ1v) is 9.39. The minimum absolute atomic E-state index is 0.0801. The van der Waals surface area contributed by atoms with Crippen LogP contribution in [0.1, 0.15) is 29.9 Å². The topological polar surface area (TPSA) is 81.7 Å². The summed E-state index contributed by atoms with van der Waals surface area (Å²) in [6, 6.07) is 3.15. The quantitative estimate of drug-likeness (QED) is 0.699. The number of carbonyl (C=O) groups excluding carboxylic acids is 3. The highest BCUT2D eigenvalue weighted by Crippen LogP contribution is 2.36. The van der Waals surface area contributed by atoms with Gasteiger partial charge in [0.05, 0.1) is 12.1 Å². The predicted molar refractivity (Wildman–Crippen MR) is 100 cm³/mol. The van der Waals surface area contributed by atoms with Crippen molar-refractivity contribution < 1.29 is 28.2 Å². The van der Waals surface area contributed by atoms with Crippen molar-refractivity contribution in [2.24, 2.45) is 5.92 Å². The van der Waals surface area contributed by atoms with Crippen LogP contribution in [-0.4, -0.2) is 37.6 Å². The van der Waals surface area contributed by atoms with Gasteiger partial charge in [0.1, 0.15) is 16.7 Å². The van der Waals surface area contributed by atoms with Crippen LogP contribution in [0, 0.1) is 11.7 Å². The minimum atomic E-state index is -0.831. The zero-order chi connectivity index (χ0) is 20.1. The minimum Gasteiger partial charge on any atom is -0.467 e. The normalized spacial score (nSPS) is 13.1. The van der Waals surface area contributed by atoms with Gasteiger partial charge in [-0.3, -0.25) is 4.79 Å². The number of rotatable bonds is 7. The van der Waals surface area contributed by atoms with Crippen LogP contribution < -0.4 is 5.32 Å². The van der Waals surface area contributed by atoms with E-state index >= 15 is 0 Å². The first-order chi connectivity index (χ1) is 12.8. The number of thiophene rings is 1. The molecule has 0 aliphatic heterocycles. The van der Waals surface area contributed by atoms with Crippen LogP contribution in [0.25, 0.3) is 10.1 Å². The Labute approximate surface area is 164 Å². The summed E-state index contributed by atoms with van der Waals surface area (Å²) >= 11 is 7.13. The summed E-state index contributed by atoms with van der Waals surface area (Å²) in [5, 5.41) is 3.18. The number of methoxy groups -OCH3 is 1. The molecule has 27 heavy (non-hydrogen) atoms. The van der Waals surface area contributed by atoms with E-state index in [-0.39, 0.29) is 15.8 Å². The molecule has 2 aromatic rings. The van der Waals surface area contributed by atoms with Gasteiger partial charge in [0.25, 0.3) is 5.91 Å². The molecule has 146 valence electrons. The van der Waals surface area contributed by atoms with Crippen LogP contribution in [0.3, 0.4) is 0 Å². The van der Waals surface area contributed by atoms with Gasteiger partial charge in [-0.05, 0) is 24.1 Å². The fourth-order valence-electron chi connectivity index (χ4n) is 2.38. The molecule has 1 aromatic heterocycles. The van der Waals surface area contributed by atoms with Gasteiger partial charge in [-0.15, -0.1) is 11.3 Å². The molecule has 2 rings (SSSR count). The number of esters is 2. The van der Waals surface area contributed by atoms with E-state index in [1.54, 1.807) is 6.92 Å². The van der Waals surface area contributed by atoms with Crippen molar-refractivity contribution in [3.05, 3.63) is 33.9 Å². The molecular weight excluding hydrogens is 397 g/mol. The molecule has 9 heteroatoms. The maximum absolute atomic E-state index is 13.3. The SMILES string of the molecule is CC[C@@H](C)[C@@H](NC(=O)COC(=O)c1sc2cc(F)ccc2c1Cl)C(=O)OC. The van der Waals surface area contributed by atoms with Crippen LogP contribution in [-0.2, 0) is 19.1 Å². The maximum atomic E-state index is 13.3. The summed E-state index contributed by atoms with van der Waals surface area (Å²) in [4.78, 5) is 36.2. The van der Waals surface area contributed by atoms with E-state index in [0.717, 1.165) is 11.3 Å². The zero-order valence-corrected chi connectivity index (χ0v) is 16.6. The Morgan fingerprint density at radius 3 is 2.67 bits per heavy atom. The molecule has 0 unspecified atom stereocenters. The van der Waals surface area contributed by atoms with Crippen LogP contribution in [0.5, 0.6) is 0 Å². The molecule has 0 aliphatic carbocycles. The highest BCUT2D eigenvalue weighted by atomic mass is 35.5. The largest absolute Gasteiger partial charge is 0.467 e. The average Bonchev–Trinajstić information content (AvgIpc) is 2.98. The molecule has 1 N–H and O–H groups in total. The number of hydrogen-bond acceptors (Lipinski definition) is 6. The summed E-state index contributed by atoms with van der Waals surface area (Å²) in [5.41, 5.74) is 0. The second kappa shape index (κ2) is 9.14. The van der Waals surface area contributed by atoms with Gasteiger partial charge in [-0.1, -0.05) is 31.9 Å². The molecule has 1 amide bonds. The number of benzene rings is 1. The van der Waals surface area contributed by atoms with E-state index in [4.69, 9.17) is 16.3 Å². The lowest BCUT2D eigenvalue weighted by atomic mass is 9.99. The van der Waals surface area contributed by atoms with Crippen molar-refractivity contribution >= 4 is 50.9 Å². The lowest BCUT2D eigenvalue weighted by Gasteiger charge is -2.21. The summed E-state index contributed by atoms with van der Waals surface area (Å²) in [6.45, 7) is 3.09. The number of amides is 1. The number of nitrogens with one attached hydrogen (secondary N) is 1. The standard InChI is InChI=1S/C18H19ClFNO5S/c1-4-9(2)15(17(23)25-3)21-13(22)8-26-18(24)16-14(19)11-6-5-10(20)7-12(11)27-16/h5-7,9,15H,4,8H2,1-3H3,(H,21,22)/t9-,15-/m1/s1. The van der Waals surface area contributed by atoms with Crippen molar-refractivity contribution in [2.75, 3.05) is 13.7 Å². The summed E-state index contributed by atoms with van der Waals surface area (Å²) < 4.78 is 23.5. The van der Waals surface area contributed by atoms with Crippen molar-refractivity contribution in [1.29, 1.82) is 0 Å². The van der Waals surface area contributed by atoms with Gasteiger partial charge in [-0.25, -0.2) is 14.0 Å². The molecule has 0 fully saturated rings.